The second-order valence-corrected chi connectivity index (χ2v) is 4.95. The molecule has 0 aromatic carbocycles. The standard InChI is InChI=1S/C14H22N4O2/c15-18-13-6-7-16-10-12(13)14(19)17-8-9-20-11-4-2-1-3-5-11/h6-7,10-11H,1-5,8-9,15H2,(H,16,18)(H,17,19). The molecule has 1 heterocycles. The molecule has 2 rings (SSSR count). The Balaban J connectivity index is 1.72. The van der Waals surface area contributed by atoms with Crippen molar-refractivity contribution in [2.45, 2.75) is 38.2 Å². The first-order valence-corrected chi connectivity index (χ1v) is 7.11. The zero-order valence-electron chi connectivity index (χ0n) is 11.6. The molecule has 20 heavy (non-hydrogen) atoms. The summed E-state index contributed by atoms with van der Waals surface area (Å²) < 4.78 is 5.76. The fraction of sp³-hybridized carbons (Fsp3) is 0.571. The van der Waals surface area contributed by atoms with Gasteiger partial charge in [-0.2, -0.15) is 0 Å². The minimum Gasteiger partial charge on any atom is -0.376 e. The molecule has 0 unspecified atom stereocenters. The lowest BCUT2D eigenvalue weighted by Crippen LogP contribution is -2.30. The van der Waals surface area contributed by atoms with Gasteiger partial charge in [-0.1, -0.05) is 19.3 Å². The van der Waals surface area contributed by atoms with Crippen LogP contribution >= 0.6 is 0 Å². The van der Waals surface area contributed by atoms with Crippen LogP contribution in [0.5, 0.6) is 0 Å². The van der Waals surface area contributed by atoms with Crippen LogP contribution in [0.1, 0.15) is 42.5 Å². The number of ether oxygens (including phenoxy) is 1. The molecular formula is C14H22N4O2. The van der Waals surface area contributed by atoms with Crippen LogP contribution in [0.4, 0.5) is 5.69 Å². The molecule has 0 saturated heterocycles. The van der Waals surface area contributed by atoms with Gasteiger partial charge in [-0.25, -0.2) is 0 Å². The van der Waals surface area contributed by atoms with Crippen LogP contribution in [0.25, 0.3) is 0 Å². The van der Waals surface area contributed by atoms with Gasteiger partial charge in [0, 0.05) is 18.9 Å². The number of aromatic nitrogens is 1. The number of nitrogens with one attached hydrogen (secondary N) is 2. The Morgan fingerprint density at radius 3 is 2.95 bits per heavy atom. The average Bonchev–Trinajstić information content (AvgIpc) is 2.52. The van der Waals surface area contributed by atoms with Crippen LogP contribution in [0.3, 0.4) is 0 Å². The van der Waals surface area contributed by atoms with Crippen LogP contribution in [-0.4, -0.2) is 30.1 Å². The molecule has 1 aromatic heterocycles. The van der Waals surface area contributed by atoms with Crippen molar-refractivity contribution in [2.75, 3.05) is 18.6 Å². The number of nitrogen functional groups attached to an aromatic ring is 1. The van der Waals surface area contributed by atoms with E-state index in [4.69, 9.17) is 10.6 Å². The summed E-state index contributed by atoms with van der Waals surface area (Å²) in [6.07, 6.45) is 9.52. The number of anilines is 1. The fourth-order valence-electron chi connectivity index (χ4n) is 2.42. The van der Waals surface area contributed by atoms with Gasteiger partial charge < -0.3 is 15.5 Å². The highest BCUT2D eigenvalue weighted by Crippen LogP contribution is 2.19. The summed E-state index contributed by atoms with van der Waals surface area (Å²) in [6.45, 7) is 1.04. The van der Waals surface area contributed by atoms with Crippen LogP contribution < -0.4 is 16.6 Å². The number of hydrogen-bond donors (Lipinski definition) is 3. The van der Waals surface area contributed by atoms with Gasteiger partial charge in [0.25, 0.3) is 5.91 Å². The van der Waals surface area contributed by atoms with Gasteiger partial charge in [0.1, 0.15) is 0 Å². The number of hydrazine groups is 1. The normalized spacial score (nSPS) is 15.8. The molecule has 0 spiro atoms. The third-order valence-electron chi connectivity index (χ3n) is 3.51. The Labute approximate surface area is 119 Å². The van der Waals surface area contributed by atoms with Crippen LogP contribution in [0.2, 0.25) is 0 Å². The zero-order valence-corrected chi connectivity index (χ0v) is 11.6. The molecule has 0 atom stereocenters. The van der Waals surface area contributed by atoms with E-state index in [1.807, 2.05) is 0 Å². The summed E-state index contributed by atoms with van der Waals surface area (Å²) >= 11 is 0. The van der Waals surface area contributed by atoms with E-state index in [0.29, 0.717) is 30.5 Å². The molecule has 1 amide bonds. The van der Waals surface area contributed by atoms with E-state index in [-0.39, 0.29) is 5.91 Å². The van der Waals surface area contributed by atoms with E-state index in [1.54, 1.807) is 12.3 Å². The van der Waals surface area contributed by atoms with Crippen molar-refractivity contribution >= 4 is 11.6 Å². The quantitative estimate of drug-likeness (QED) is 0.416. The molecule has 110 valence electrons. The summed E-state index contributed by atoms with van der Waals surface area (Å²) in [7, 11) is 0. The van der Waals surface area contributed by atoms with Gasteiger partial charge in [-0.15, -0.1) is 0 Å². The monoisotopic (exact) mass is 278 g/mol. The first kappa shape index (κ1) is 14.7. The predicted octanol–water partition coefficient (Wildman–Crippen LogP) is 1.45. The van der Waals surface area contributed by atoms with Gasteiger partial charge in [0.2, 0.25) is 0 Å². The lowest BCUT2D eigenvalue weighted by Gasteiger charge is -2.22. The lowest BCUT2D eigenvalue weighted by atomic mass is 9.98. The third kappa shape index (κ3) is 4.18. The highest BCUT2D eigenvalue weighted by atomic mass is 16.5. The number of carbonyl (C=O) groups is 1. The number of nitrogens with zero attached hydrogens (tertiary/aromatic N) is 1. The highest BCUT2D eigenvalue weighted by Gasteiger charge is 2.14. The maximum absolute atomic E-state index is 12.0. The average molecular weight is 278 g/mol. The van der Waals surface area contributed by atoms with Crippen molar-refractivity contribution in [1.82, 2.24) is 10.3 Å². The minimum absolute atomic E-state index is 0.196. The molecular weight excluding hydrogens is 256 g/mol. The second kappa shape index (κ2) is 7.81. The second-order valence-electron chi connectivity index (χ2n) is 4.95. The minimum atomic E-state index is -0.196. The van der Waals surface area contributed by atoms with Gasteiger partial charge in [0.05, 0.1) is 24.0 Å². The lowest BCUT2D eigenvalue weighted by molar-refractivity contribution is 0.0299. The van der Waals surface area contributed by atoms with E-state index < -0.39 is 0 Å². The summed E-state index contributed by atoms with van der Waals surface area (Å²) in [5.74, 6) is 5.16. The first-order valence-electron chi connectivity index (χ1n) is 7.11. The Hall–Kier alpha value is -1.66. The first-order chi connectivity index (χ1) is 9.81. The molecule has 1 saturated carbocycles. The van der Waals surface area contributed by atoms with Crippen LogP contribution in [-0.2, 0) is 4.74 Å². The van der Waals surface area contributed by atoms with E-state index >= 15 is 0 Å². The van der Waals surface area contributed by atoms with Crippen molar-refractivity contribution < 1.29 is 9.53 Å². The molecule has 0 bridgehead atoms. The van der Waals surface area contributed by atoms with E-state index in [2.05, 4.69) is 15.7 Å². The van der Waals surface area contributed by atoms with Crippen LogP contribution in [0, 0.1) is 0 Å². The molecule has 1 aromatic rings. The molecule has 6 nitrogen and oxygen atoms in total. The van der Waals surface area contributed by atoms with Gasteiger partial charge >= 0.3 is 0 Å². The largest absolute Gasteiger partial charge is 0.376 e. The summed E-state index contributed by atoms with van der Waals surface area (Å²) in [5.41, 5.74) is 3.48. The molecule has 1 aliphatic rings. The smallest absolute Gasteiger partial charge is 0.255 e. The van der Waals surface area contributed by atoms with Crippen molar-refractivity contribution in [1.29, 1.82) is 0 Å². The SMILES string of the molecule is NNc1ccncc1C(=O)NCCOC1CCCCC1. The highest BCUT2D eigenvalue weighted by molar-refractivity contribution is 5.99. The number of pyridine rings is 1. The van der Waals surface area contributed by atoms with Crippen molar-refractivity contribution in [3.63, 3.8) is 0 Å². The summed E-state index contributed by atoms with van der Waals surface area (Å²) in [6, 6.07) is 1.66. The number of amides is 1. The number of nitrogens with two attached hydrogens (primary N) is 1. The number of carbonyl (C=O) groups excluding carboxylic acids is 1. The molecule has 0 radical (unpaired) electrons. The Bertz CT molecular complexity index is 433. The summed E-state index contributed by atoms with van der Waals surface area (Å²) in [5, 5.41) is 2.81. The number of hydrogen-bond acceptors (Lipinski definition) is 5. The van der Waals surface area contributed by atoms with Gasteiger partial charge in [-0.05, 0) is 18.9 Å². The van der Waals surface area contributed by atoms with E-state index in [0.717, 1.165) is 12.8 Å². The Morgan fingerprint density at radius 1 is 1.40 bits per heavy atom. The van der Waals surface area contributed by atoms with E-state index in [9.17, 15) is 4.79 Å². The molecule has 1 fully saturated rings. The van der Waals surface area contributed by atoms with Crippen molar-refractivity contribution in [3.8, 4) is 0 Å². The van der Waals surface area contributed by atoms with E-state index in [1.165, 1.54) is 25.5 Å². The van der Waals surface area contributed by atoms with Gasteiger partial charge in [0.15, 0.2) is 0 Å². The molecule has 4 N–H and O–H groups in total. The molecule has 0 aliphatic heterocycles. The third-order valence-corrected chi connectivity index (χ3v) is 3.51. The Morgan fingerprint density at radius 2 is 2.20 bits per heavy atom. The van der Waals surface area contributed by atoms with Crippen LogP contribution in [0.15, 0.2) is 18.5 Å². The van der Waals surface area contributed by atoms with Crippen molar-refractivity contribution in [2.24, 2.45) is 5.84 Å². The fourth-order valence-corrected chi connectivity index (χ4v) is 2.42. The molecule has 1 aliphatic carbocycles. The topological polar surface area (TPSA) is 89.3 Å². The van der Waals surface area contributed by atoms with Crippen molar-refractivity contribution in [3.05, 3.63) is 24.0 Å². The Kier molecular flexibility index (Phi) is 5.76. The summed E-state index contributed by atoms with van der Waals surface area (Å²) in [4.78, 5) is 15.9. The number of rotatable bonds is 6. The predicted molar refractivity (Wildman–Crippen MR) is 77.2 cm³/mol. The maximum atomic E-state index is 12.0. The zero-order chi connectivity index (χ0) is 14.2. The molecule has 6 heteroatoms. The maximum Gasteiger partial charge on any atom is 0.255 e. The van der Waals surface area contributed by atoms with Gasteiger partial charge in [-0.3, -0.25) is 15.6 Å².